The molecule has 190 valence electrons. The van der Waals surface area contributed by atoms with Crippen LogP contribution >= 0.6 is 0 Å². The Morgan fingerprint density at radius 1 is 0.971 bits per heavy atom. The van der Waals surface area contributed by atoms with Gasteiger partial charge in [0.1, 0.15) is 5.52 Å². The van der Waals surface area contributed by atoms with Gasteiger partial charge in [0.05, 0.1) is 6.61 Å². The molecule has 2 aromatic rings. The van der Waals surface area contributed by atoms with Crippen molar-refractivity contribution in [3.05, 3.63) is 10.5 Å². The summed E-state index contributed by atoms with van der Waals surface area (Å²) in [6, 6.07) is 0.251. The maximum absolute atomic E-state index is 12.5. The third kappa shape index (κ3) is 6.74. The lowest BCUT2D eigenvalue weighted by Crippen LogP contribution is -2.35. The second-order valence-electron chi connectivity index (χ2n) is 10.4. The molecule has 3 N–H and O–H groups in total. The van der Waals surface area contributed by atoms with E-state index in [0.717, 1.165) is 37.5 Å². The molecule has 4 rings (SSSR count). The van der Waals surface area contributed by atoms with Crippen molar-refractivity contribution in [3.63, 3.8) is 0 Å². The number of hydrogen-bond acceptors (Lipinski definition) is 6. The van der Waals surface area contributed by atoms with E-state index in [0.29, 0.717) is 24.3 Å². The molecule has 2 fully saturated rings. The summed E-state index contributed by atoms with van der Waals surface area (Å²) >= 11 is 0. The second-order valence-corrected chi connectivity index (χ2v) is 10.4. The Morgan fingerprint density at radius 2 is 1.74 bits per heavy atom. The van der Waals surface area contributed by atoms with Gasteiger partial charge in [-0.25, -0.2) is 4.79 Å². The molecule has 34 heavy (non-hydrogen) atoms. The summed E-state index contributed by atoms with van der Waals surface area (Å²) in [5.74, 6) is 2.07. The topological polar surface area (TPSA) is 102 Å². The number of nitrogens with one attached hydrogen (secondary N) is 1. The molecular formula is C26H44N6O2. The first-order chi connectivity index (χ1) is 16.6. The number of aryl methyl sites for hydroxylation is 1. The number of imidazole rings is 1. The van der Waals surface area contributed by atoms with Crippen LogP contribution in [0, 0.1) is 11.8 Å². The first-order valence-corrected chi connectivity index (χ1v) is 13.7. The van der Waals surface area contributed by atoms with Crippen molar-refractivity contribution < 1.29 is 4.74 Å². The zero-order valence-corrected chi connectivity index (χ0v) is 21.1. The molecule has 2 aromatic heterocycles. The quantitative estimate of drug-likeness (QED) is 0.433. The summed E-state index contributed by atoms with van der Waals surface area (Å²) < 4.78 is 7.32. The summed E-state index contributed by atoms with van der Waals surface area (Å²) in [6.45, 7) is 7.12. The summed E-state index contributed by atoms with van der Waals surface area (Å²) in [7, 11) is 0. The van der Waals surface area contributed by atoms with Crippen molar-refractivity contribution in [2.75, 3.05) is 32.0 Å². The number of aromatic amines is 1. The number of aromatic nitrogens is 4. The van der Waals surface area contributed by atoms with Crippen LogP contribution in [0.15, 0.2) is 4.79 Å². The van der Waals surface area contributed by atoms with Crippen LogP contribution in [0.1, 0.15) is 90.4 Å². The molecular weight excluding hydrogens is 428 g/mol. The third-order valence-corrected chi connectivity index (χ3v) is 7.89. The number of fused-ring (bicyclic) bond motifs is 1. The zero-order chi connectivity index (χ0) is 23.8. The summed E-state index contributed by atoms with van der Waals surface area (Å²) in [5.41, 5.74) is 6.94. The molecule has 0 atom stereocenters. The molecule has 0 unspecified atom stereocenters. The van der Waals surface area contributed by atoms with Crippen LogP contribution in [0.2, 0.25) is 0 Å². The lowest BCUT2D eigenvalue weighted by Gasteiger charge is -2.33. The predicted molar refractivity (Wildman–Crippen MR) is 137 cm³/mol. The van der Waals surface area contributed by atoms with E-state index in [1.165, 1.54) is 77.4 Å². The molecule has 0 radical (unpaired) electrons. The molecule has 3 heterocycles. The van der Waals surface area contributed by atoms with Gasteiger partial charge in [0.15, 0.2) is 11.5 Å². The number of ether oxygens (including phenoxy) is 1. The van der Waals surface area contributed by atoms with E-state index in [2.05, 4.69) is 26.8 Å². The van der Waals surface area contributed by atoms with Crippen LogP contribution in [0.25, 0.3) is 11.2 Å². The molecule has 0 spiro atoms. The Hall–Kier alpha value is -2.09. The fourth-order valence-electron chi connectivity index (χ4n) is 5.65. The standard InChI is InChI=1S/C26H44N6O2/c1-2-3-19-34-25-29-23(27)22-24(30-25)32(26(33)28-22)15-8-7-11-21-13-17-31(18-14-21)16-12-20-9-5-4-6-10-20/h20-21H,2-19H2,1H3,(H,28,33)(H2,27,29,30). The number of hydrogen-bond donors (Lipinski definition) is 2. The minimum atomic E-state index is -0.173. The third-order valence-electron chi connectivity index (χ3n) is 7.89. The SMILES string of the molecule is CCCCOc1nc(N)c2[nH]c(=O)n(CCCCC3CCN(CCC4CCCCC4)CC3)c2n1. The Kier molecular flexibility index (Phi) is 9.25. The number of likely N-dealkylation sites (tertiary alicyclic amines) is 1. The molecule has 0 bridgehead atoms. The van der Waals surface area contributed by atoms with Gasteiger partial charge in [-0.3, -0.25) is 4.57 Å². The van der Waals surface area contributed by atoms with Crippen LogP contribution in [-0.2, 0) is 6.54 Å². The maximum atomic E-state index is 12.5. The number of anilines is 1. The molecule has 1 aliphatic carbocycles. The van der Waals surface area contributed by atoms with E-state index >= 15 is 0 Å². The smallest absolute Gasteiger partial charge is 0.327 e. The van der Waals surface area contributed by atoms with Gasteiger partial charge in [0, 0.05) is 6.54 Å². The number of piperidine rings is 1. The Labute approximate surface area is 203 Å². The zero-order valence-electron chi connectivity index (χ0n) is 21.1. The minimum absolute atomic E-state index is 0.173. The Bertz CT molecular complexity index is 941. The molecule has 0 aromatic carbocycles. The Balaban J connectivity index is 1.20. The molecule has 0 amide bonds. The van der Waals surface area contributed by atoms with Crippen molar-refractivity contribution >= 4 is 17.0 Å². The van der Waals surface area contributed by atoms with Gasteiger partial charge >= 0.3 is 11.7 Å². The van der Waals surface area contributed by atoms with E-state index in [9.17, 15) is 4.79 Å². The number of unbranched alkanes of at least 4 members (excludes halogenated alkanes) is 2. The van der Waals surface area contributed by atoms with Gasteiger partial charge in [0.25, 0.3) is 0 Å². The van der Waals surface area contributed by atoms with Gasteiger partial charge in [-0.15, -0.1) is 0 Å². The number of nitrogens with two attached hydrogens (primary N) is 1. The Morgan fingerprint density at radius 3 is 2.50 bits per heavy atom. The maximum Gasteiger partial charge on any atom is 0.327 e. The van der Waals surface area contributed by atoms with E-state index in [4.69, 9.17) is 10.5 Å². The largest absolute Gasteiger partial charge is 0.463 e. The average molecular weight is 473 g/mol. The van der Waals surface area contributed by atoms with Gasteiger partial charge < -0.3 is 20.4 Å². The number of nitrogens with zero attached hydrogens (tertiary/aromatic N) is 4. The summed E-state index contributed by atoms with van der Waals surface area (Å²) in [5, 5.41) is 0. The fourth-order valence-corrected chi connectivity index (χ4v) is 5.65. The summed E-state index contributed by atoms with van der Waals surface area (Å²) in [4.78, 5) is 26.7. The van der Waals surface area contributed by atoms with E-state index in [-0.39, 0.29) is 17.5 Å². The van der Waals surface area contributed by atoms with Gasteiger partial charge in [-0.2, -0.15) is 9.97 Å². The normalized spacial score (nSPS) is 18.6. The fraction of sp³-hybridized carbons (Fsp3) is 0.808. The van der Waals surface area contributed by atoms with Crippen LogP contribution in [-0.4, -0.2) is 50.7 Å². The molecule has 1 aliphatic heterocycles. The van der Waals surface area contributed by atoms with Gasteiger partial charge in [0.2, 0.25) is 0 Å². The highest BCUT2D eigenvalue weighted by atomic mass is 16.5. The van der Waals surface area contributed by atoms with Crippen LogP contribution in [0.4, 0.5) is 5.82 Å². The summed E-state index contributed by atoms with van der Waals surface area (Å²) in [6.07, 6.45) is 16.6. The van der Waals surface area contributed by atoms with Crippen molar-refractivity contribution in [2.24, 2.45) is 11.8 Å². The van der Waals surface area contributed by atoms with E-state index in [1.807, 2.05) is 0 Å². The number of nitrogen functional groups attached to an aromatic ring is 1. The number of rotatable bonds is 12. The molecule has 8 nitrogen and oxygen atoms in total. The lowest BCUT2D eigenvalue weighted by molar-refractivity contribution is 0.161. The van der Waals surface area contributed by atoms with E-state index in [1.54, 1.807) is 4.57 Å². The second kappa shape index (κ2) is 12.6. The van der Waals surface area contributed by atoms with Crippen LogP contribution in [0.3, 0.4) is 0 Å². The first-order valence-electron chi connectivity index (χ1n) is 13.7. The highest BCUT2D eigenvalue weighted by molar-refractivity contribution is 5.81. The minimum Gasteiger partial charge on any atom is -0.463 e. The predicted octanol–water partition coefficient (Wildman–Crippen LogP) is 4.73. The molecule has 1 saturated carbocycles. The molecule has 1 saturated heterocycles. The van der Waals surface area contributed by atoms with Crippen molar-refractivity contribution in [1.82, 2.24) is 24.4 Å². The van der Waals surface area contributed by atoms with Gasteiger partial charge in [-0.1, -0.05) is 58.3 Å². The first kappa shape index (κ1) is 25.0. The monoisotopic (exact) mass is 472 g/mol. The molecule has 8 heteroatoms. The van der Waals surface area contributed by atoms with Gasteiger partial charge in [-0.05, 0) is 63.6 Å². The van der Waals surface area contributed by atoms with Crippen molar-refractivity contribution in [1.29, 1.82) is 0 Å². The van der Waals surface area contributed by atoms with Crippen LogP contribution in [0.5, 0.6) is 6.01 Å². The van der Waals surface area contributed by atoms with Crippen LogP contribution < -0.4 is 16.2 Å². The molecule has 2 aliphatic rings. The highest BCUT2D eigenvalue weighted by Gasteiger charge is 2.21. The lowest BCUT2D eigenvalue weighted by atomic mass is 9.86. The number of H-pyrrole nitrogens is 1. The highest BCUT2D eigenvalue weighted by Crippen LogP contribution is 2.28. The van der Waals surface area contributed by atoms with Crippen molar-refractivity contribution in [2.45, 2.75) is 96.9 Å². The van der Waals surface area contributed by atoms with E-state index < -0.39 is 0 Å². The average Bonchev–Trinajstić information content (AvgIpc) is 3.18. The van der Waals surface area contributed by atoms with Crippen molar-refractivity contribution in [3.8, 4) is 6.01 Å².